The summed E-state index contributed by atoms with van der Waals surface area (Å²) >= 11 is 1.47. The molecule has 1 aromatic heterocycles. The fourth-order valence-electron chi connectivity index (χ4n) is 1.75. The van der Waals surface area contributed by atoms with E-state index >= 15 is 0 Å². The molecule has 0 amide bonds. The monoisotopic (exact) mass is 213 g/mol. The van der Waals surface area contributed by atoms with E-state index in [1.54, 1.807) is 10.4 Å². The van der Waals surface area contributed by atoms with Crippen molar-refractivity contribution in [1.29, 1.82) is 0 Å². The van der Waals surface area contributed by atoms with Crippen molar-refractivity contribution in [1.82, 2.24) is 4.98 Å². The molecule has 0 aliphatic carbocycles. The maximum atomic E-state index is 10.8. The lowest BCUT2D eigenvalue weighted by Gasteiger charge is -2.29. The van der Waals surface area contributed by atoms with Crippen LogP contribution in [0.2, 0.25) is 0 Å². The molecule has 0 aromatic carbocycles. The van der Waals surface area contributed by atoms with Crippen molar-refractivity contribution < 1.29 is 4.92 Å². The van der Waals surface area contributed by atoms with Crippen LogP contribution in [0.1, 0.15) is 19.3 Å². The molecule has 2 rings (SSSR count). The van der Waals surface area contributed by atoms with Crippen molar-refractivity contribution in [3.05, 3.63) is 21.0 Å². The van der Waals surface area contributed by atoms with Crippen molar-refractivity contribution in [2.45, 2.75) is 25.4 Å². The molecule has 0 bridgehead atoms. The summed E-state index contributed by atoms with van der Waals surface area (Å²) in [6.45, 7) is 0.745. The maximum absolute atomic E-state index is 10.8. The minimum absolute atomic E-state index is 0.210. The summed E-state index contributed by atoms with van der Waals surface area (Å²) in [6.07, 6.45) is 2.00. The van der Waals surface area contributed by atoms with E-state index in [0.29, 0.717) is 6.42 Å². The van der Waals surface area contributed by atoms with E-state index in [9.17, 15) is 10.1 Å². The molecule has 1 fully saturated rings. The van der Waals surface area contributed by atoms with Crippen molar-refractivity contribution in [2.24, 2.45) is 0 Å². The summed E-state index contributed by atoms with van der Waals surface area (Å²) in [6, 6.07) is 0. The third-order valence-electron chi connectivity index (χ3n) is 2.43. The summed E-state index contributed by atoms with van der Waals surface area (Å²) in [4.78, 5) is 16.5. The van der Waals surface area contributed by atoms with Crippen LogP contribution in [-0.4, -0.2) is 22.6 Å². The normalized spacial score (nSPS) is 22.3. The zero-order chi connectivity index (χ0) is 9.97. The van der Waals surface area contributed by atoms with Gasteiger partial charge in [-0.2, -0.15) is 0 Å². The Morgan fingerprint density at radius 1 is 1.64 bits per heavy atom. The van der Waals surface area contributed by atoms with E-state index in [0.717, 1.165) is 25.2 Å². The van der Waals surface area contributed by atoms with Gasteiger partial charge in [-0.15, -0.1) is 11.3 Å². The first-order chi connectivity index (χ1) is 6.79. The Kier molecular flexibility index (Phi) is 2.62. The van der Waals surface area contributed by atoms with Crippen LogP contribution in [0.25, 0.3) is 0 Å². The molecule has 1 atom stereocenters. The Hall–Kier alpha value is -1.17. The third kappa shape index (κ3) is 1.70. The fourth-order valence-corrected chi connectivity index (χ4v) is 2.30. The molecule has 14 heavy (non-hydrogen) atoms. The Morgan fingerprint density at radius 2 is 2.50 bits per heavy atom. The van der Waals surface area contributed by atoms with Crippen molar-refractivity contribution >= 4 is 17.2 Å². The highest BCUT2D eigenvalue weighted by atomic mass is 32.1. The molecule has 76 valence electrons. The molecule has 1 aliphatic rings. The van der Waals surface area contributed by atoms with E-state index in [2.05, 4.69) is 4.98 Å². The molecule has 6 heteroatoms. The molecular formula is C8H11N3O2S. The van der Waals surface area contributed by atoms with Gasteiger partial charge in [0.1, 0.15) is 5.82 Å². The highest BCUT2D eigenvalue weighted by Gasteiger charge is 2.32. The number of piperidine rings is 1. The highest BCUT2D eigenvalue weighted by Crippen LogP contribution is 2.24. The number of anilines is 1. The van der Waals surface area contributed by atoms with E-state index in [1.165, 1.54) is 11.3 Å². The molecule has 0 N–H and O–H groups in total. The van der Waals surface area contributed by atoms with Crippen LogP contribution < -0.4 is 4.90 Å². The van der Waals surface area contributed by atoms with Gasteiger partial charge in [0, 0.05) is 23.3 Å². The quantitative estimate of drug-likeness (QED) is 0.554. The minimum Gasteiger partial charge on any atom is -0.294 e. The number of aromatic nitrogens is 1. The summed E-state index contributed by atoms with van der Waals surface area (Å²) < 4.78 is 0. The van der Waals surface area contributed by atoms with Gasteiger partial charge in [-0.1, -0.05) is 0 Å². The Bertz CT molecular complexity index is 314. The smallest absolute Gasteiger partial charge is 0.288 e. The highest BCUT2D eigenvalue weighted by molar-refractivity contribution is 7.07. The first kappa shape index (κ1) is 9.39. The summed E-state index contributed by atoms with van der Waals surface area (Å²) in [5.74, 6) is 0.747. The van der Waals surface area contributed by atoms with Crippen LogP contribution in [0.3, 0.4) is 0 Å². The van der Waals surface area contributed by atoms with Crippen LogP contribution in [-0.2, 0) is 0 Å². The molecule has 0 radical (unpaired) electrons. The molecule has 5 nitrogen and oxygen atoms in total. The number of thiazole rings is 1. The van der Waals surface area contributed by atoms with Crippen LogP contribution in [0.5, 0.6) is 0 Å². The summed E-state index contributed by atoms with van der Waals surface area (Å²) in [5.41, 5.74) is 1.71. The number of hydrogen-bond donors (Lipinski definition) is 0. The maximum Gasteiger partial charge on any atom is 0.288 e. The second-order valence-electron chi connectivity index (χ2n) is 3.30. The van der Waals surface area contributed by atoms with Gasteiger partial charge in [0.2, 0.25) is 0 Å². The second kappa shape index (κ2) is 3.91. The molecule has 0 spiro atoms. The van der Waals surface area contributed by atoms with Crippen molar-refractivity contribution in [3.63, 3.8) is 0 Å². The van der Waals surface area contributed by atoms with Crippen molar-refractivity contribution in [2.75, 3.05) is 11.4 Å². The first-order valence-electron chi connectivity index (χ1n) is 4.57. The Labute approximate surface area is 85.5 Å². The molecule has 1 aliphatic heterocycles. The summed E-state index contributed by atoms with van der Waals surface area (Å²) in [7, 11) is 0. The van der Waals surface area contributed by atoms with E-state index in [1.807, 2.05) is 5.38 Å². The lowest BCUT2D eigenvalue weighted by Crippen LogP contribution is -2.44. The van der Waals surface area contributed by atoms with Gasteiger partial charge in [0.15, 0.2) is 0 Å². The van der Waals surface area contributed by atoms with Gasteiger partial charge in [-0.05, 0) is 12.8 Å². The van der Waals surface area contributed by atoms with Gasteiger partial charge in [0.05, 0.1) is 5.51 Å². The molecule has 0 saturated carbocycles. The Balaban J connectivity index is 2.18. The zero-order valence-corrected chi connectivity index (χ0v) is 8.44. The molecule has 1 aromatic rings. The van der Waals surface area contributed by atoms with E-state index < -0.39 is 6.17 Å². The Morgan fingerprint density at radius 3 is 3.14 bits per heavy atom. The lowest BCUT2D eigenvalue weighted by molar-refractivity contribution is -0.524. The average molecular weight is 213 g/mol. The van der Waals surface area contributed by atoms with Crippen LogP contribution >= 0.6 is 11.3 Å². The van der Waals surface area contributed by atoms with E-state index in [-0.39, 0.29) is 4.92 Å². The van der Waals surface area contributed by atoms with Crippen LogP contribution in [0.4, 0.5) is 5.82 Å². The van der Waals surface area contributed by atoms with Gasteiger partial charge >= 0.3 is 0 Å². The van der Waals surface area contributed by atoms with Crippen LogP contribution in [0.15, 0.2) is 10.9 Å². The lowest BCUT2D eigenvalue weighted by atomic mass is 10.1. The largest absolute Gasteiger partial charge is 0.294 e. The van der Waals surface area contributed by atoms with Gasteiger partial charge in [0.25, 0.3) is 6.17 Å². The van der Waals surface area contributed by atoms with E-state index in [4.69, 9.17) is 0 Å². The number of nitrogens with zero attached hydrogens (tertiary/aromatic N) is 3. The van der Waals surface area contributed by atoms with Crippen molar-refractivity contribution in [3.8, 4) is 0 Å². The number of rotatable bonds is 2. The summed E-state index contributed by atoms with van der Waals surface area (Å²) in [5, 5.41) is 12.7. The average Bonchev–Trinajstić information content (AvgIpc) is 2.70. The molecule has 1 saturated heterocycles. The topological polar surface area (TPSA) is 59.3 Å². The predicted molar refractivity (Wildman–Crippen MR) is 54.1 cm³/mol. The van der Waals surface area contributed by atoms with Gasteiger partial charge in [-0.3, -0.25) is 15.0 Å². The predicted octanol–water partition coefficient (Wildman–Crippen LogP) is 1.74. The number of hydrogen-bond acceptors (Lipinski definition) is 5. The second-order valence-corrected chi connectivity index (χ2v) is 4.02. The first-order valence-corrected chi connectivity index (χ1v) is 5.51. The van der Waals surface area contributed by atoms with Crippen LogP contribution in [0, 0.1) is 10.1 Å². The molecule has 2 heterocycles. The minimum atomic E-state index is -0.578. The third-order valence-corrected chi connectivity index (χ3v) is 3.00. The fraction of sp³-hybridized carbons (Fsp3) is 0.625. The van der Waals surface area contributed by atoms with Gasteiger partial charge < -0.3 is 0 Å². The zero-order valence-electron chi connectivity index (χ0n) is 7.63. The number of nitro groups is 1. The molecular weight excluding hydrogens is 202 g/mol. The SMILES string of the molecule is O=[N+]([O-])C1CCCCN1c1cscn1. The molecule has 1 unspecified atom stereocenters. The van der Waals surface area contributed by atoms with Gasteiger partial charge in [-0.25, -0.2) is 4.98 Å². The standard InChI is InChI=1S/C8H11N3O2S/c12-11(13)8-3-1-2-4-10(8)7-5-14-6-9-7/h5-6,8H,1-4H2.